The summed E-state index contributed by atoms with van der Waals surface area (Å²) in [5.74, 6) is 0.704. The second-order valence-electron chi connectivity index (χ2n) is 8.10. The van der Waals surface area contributed by atoms with Crippen LogP contribution in [0.3, 0.4) is 0 Å². The van der Waals surface area contributed by atoms with E-state index in [1.165, 1.54) is 0 Å². The van der Waals surface area contributed by atoms with E-state index in [1.54, 1.807) is 0 Å². The van der Waals surface area contributed by atoms with E-state index >= 15 is 0 Å². The Morgan fingerprint density at radius 3 is 2.45 bits per heavy atom. The number of benzene rings is 2. The van der Waals surface area contributed by atoms with Crippen LogP contribution in [0.4, 0.5) is 0 Å². The average Bonchev–Trinajstić information content (AvgIpc) is 3.10. The molecular formula is C23H27N3O2S. The van der Waals surface area contributed by atoms with Crippen molar-refractivity contribution in [2.75, 3.05) is 0 Å². The van der Waals surface area contributed by atoms with Gasteiger partial charge in [-0.15, -0.1) is 0 Å². The van der Waals surface area contributed by atoms with Crippen LogP contribution in [0.5, 0.6) is 0 Å². The minimum atomic E-state index is -0.560. The van der Waals surface area contributed by atoms with Crippen molar-refractivity contribution in [3.63, 3.8) is 0 Å². The Balaban J connectivity index is 2.01. The molecule has 0 saturated carbocycles. The maximum atomic E-state index is 13.0. The zero-order chi connectivity index (χ0) is 21.0. The van der Waals surface area contributed by atoms with Crippen molar-refractivity contribution in [1.29, 1.82) is 0 Å². The van der Waals surface area contributed by atoms with Gasteiger partial charge in [-0.2, -0.15) is 0 Å². The molecule has 6 heteroatoms. The van der Waals surface area contributed by atoms with Crippen molar-refractivity contribution in [2.45, 2.75) is 52.1 Å². The molecule has 0 bridgehead atoms. The first-order valence-corrected chi connectivity index (χ1v) is 10.2. The van der Waals surface area contributed by atoms with E-state index in [0.717, 1.165) is 28.9 Å². The van der Waals surface area contributed by atoms with Crippen LogP contribution >= 0.6 is 12.2 Å². The van der Waals surface area contributed by atoms with E-state index in [0.29, 0.717) is 16.8 Å². The highest BCUT2D eigenvalue weighted by molar-refractivity contribution is 7.71. The third-order valence-corrected chi connectivity index (χ3v) is 4.89. The molecule has 0 spiro atoms. The number of nitrogens with one attached hydrogen (secondary N) is 2. The molecule has 29 heavy (non-hydrogen) atoms. The summed E-state index contributed by atoms with van der Waals surface area (Å²) in [7, 11) is 0. The number of aromatic amines is 2. The third-order valence-electron chi connectivity index (χ3n) is 4.70. The summed E-state index contributed by atoms with van der Waals surface area (Å²) in [4.78, 5) is 17.3. The maximum absolute atomic E-state index is 13.0. The van der Waals surface area contributed by atoms with Gasteiger partial charge in [0.25, 0.3) is 0 Å². The second kappa shape index (κ2) is 8.74. The lowest BCUT2D eigenvalue weighted by molar-refractivity contribution is 0.00703. The fraction of sp³-hybridized carbons (Fsp3) is 0.348. The summed E-state index contributed by atoms with van der Waals surface area (Å²) in [6.45, 7) is 7.77. The van der Waals surface area contributed by atoms with E-state index < -0.39 is 5.60 Å². The van der Waals surface area contributed by atoms with Crippen molar-refractivity contribution >= 4 is 18.2 Å². The lowest BCUT2D eigenvalue weighted by Gasteiger charge is -2.22. The molecule has 0 radical (unpaired) electrons. The fourth-order valence-corrected chi connectivity index (χ4v) is 3.48. The van der Waals surface area contributed by atoms with Crippen molar-refractivity contribution in [3.05, 3.63) is 70.3 Å². The standard InChI is InChI=1S/C23H27N3O2S/c1-5-15(14-20-24-22(29)26-25-20)17-11-12-18(16-9-7-6-8-10-16)19(13-17)21(27)28-23(2,3)4/h6-13,15H,5,14H2,1-4H3,(H2,24,25,26,29). The van der Waals surface area contributed by atoms with Crippen LogP contribution in [0.1, 0.15) is 61.8 Å². The SMILES string of the molecule is CCC(Cc1nc(=S)[nH][nH]1)c1ccc(-c2ccccc2)c(C(=O)OC(C)(C)C)c1. The van der Waals surface area contributed by atoms with Gasteiger partial charge in [-0.05, 0) is 68.1 Å². The topological polar surface area (TPSA) is 70.8 Å². The Hall–Kier alpha value is -2.73. The first-order chi connectivity index (χ1) is 13.8. The van der Waals surface area contributed by atoms with Gasteiger partial charge in [-0.25, -0.2) is 9.78 Å². The van der Waals surface area contributed by atoms with Gasteiger partial charge in [0.2, 0.25) is 4.77 Å². The number of rotatable bonds is 6. The van der Waals surface area contributed by atoms with E-state index in [9.17, 15) is 4.79 Å². The molecule has 0 aliphatic carbocycles. The molecule has 0 aliphatic rings. The van der Waals surface area contributed by atoms with Crippen molar-refractivity contribution in [3.8, 4) is 11.1 Å². The van der Waals surface area contributed by atoms with Gasteiger partial charge in [0.15, 0.2) is 0 Å². The predicted octanol–water partition coefficient (Wildman–Crippen LogP) is 5.83. The molecule has 0 aliphatic heterocycles. The van der Waals surface area contributed by atoms with Crippen LogP contribution in [0.15, 0.2) is 48.5 Å². The van der Waals surface area contributed by atoms with Crippen molar-refractivity contribution in [2.24, 2.45) is 0 Å². The molecule has 0 fully saturated rings. The summed E-state index contributed by atoms with van der Waals surface area (Å²) >= 11 is 5.06. The quantitative estimate of drug-likeness (QED) is 0.397. The van der Waals surface area contributed by atoms with Crippen LogP contribution in [-0.2, 0) is 11.2 Å². The highest BCUT2D eigenvalue weighted by Crippen LogP contribution is 2.31. The molecule has 0 amide bonds. The summed E-state index contributed by atoms with van der Waals surface area (Å²) in [5, 5.41) is 5.85. The molecule has 5 nitrogen and oxygen atoms in total. The Morgan fingerprint density at radius 1 is 1.14 bits per heavy atom. The molecule has 3 rings (SSSR count). The normalized spacial score (nSPS) is 12.6. The highest BCUT2D eigenvalue weighted by Gasteiger charge is 2.23. The largest absolute Gasteiger partial charge is 0.456 e. The number of carbonyl (C=O) groups excluding carboxylic acids is 1. The summed E-state index contributed by atoms with van der Waals surface area (Å²) in [6, 6.07) is 16.0. The highest BCUT2D eigenvalue weighted by atomic mass is 32.1. The van der Waals surface area contributed by atoms with Crippen molar-refractivity contribution in [1.82, 2.24) is 15.2 Å². The van der Waals surface area contributed by atoms with Crippen LogP contribution < -0.4 is 0 Å². The van der Waals surface area contributed by atoms with Gasteiger partial charge in [-0.3, -0.25) is 10.2 Å². The van der Waals surface area contributed by atoms with Crippen LogP contribution in [0.2, 0.25) is 0 Å². The first kappa shape index (κ1) is 21.0. The minimum absolute atomic E-state index is 0.204. The van der Waals surface area contributed by atoms with Crippen LogP contribution in [0, 0.1) is 4.77 Å². The molecule has 1 atom stereocenters. The van der Waals surface area contributed by atoms with Gasteiger partial charge >= 0.3 is 5.97 Å². The number of hydrogen-bond donors (Lipinski definition) is 2. The van der Waals surface area contributed by atoms with E-state index in [1.807, 2.05) is 63.2 Å². The number of hydrogen-bond acceptors (Lipinski definition) is 4. The van der Waals surface area contributed by atoms with E-state index in [2.05, 4.69) is 28.2 Å². The fourth-order valence-electron chi connectivity index (χ4n) is 3.32. The molecule has 152 valence electrons. The number of esters is 1. The Morgan fingerprint density at radius 2 is 1.86 bits per heavy atom. The average molecular weight is 410 g/mol. The monoisotopic (exact) mass is 409 g/mol. The van der Waals surface area contributed by atoms with Gasteiger partial charge in [-0.1, -0.05) is 49.4 Å². The predicted molar refractivity (Wildman–Crippen MR) is 118 cm³/mol. The second-order valence-corrected chi connectivity index (χ2v) is 8.48. The van der Waals surface area contributed by atoms with Crippen molar-refractivity contribution < 1.29 is 9.53 Å². The number of aromatic nitrogens is 3. The minimum Gasteiger partial charge on any atom is -0.456 e. The zero-order valence-corrected chi connectivity index (χ0v) is 18.1. The van der Waals surface area contributed by atoms with Crippen LogP contribution in [-0.4, -0.2) is 26.8 Å². The summed E-state index contributed by atoms with van der Waals surface area (Å²) in [6.07, 6.45) is 1.62. The zero-order valence-electron chi connectivity index (χ0n) is 17.3. The van der Waals surface area contributed by atoms with Gasteiger partial charge in [0.1, 0.15) is 11.4 Å². The molecule has 3 aromatic rings. The number of H-pyrrole nitrogens is 2. The maximum Gasteiger partial charge on any atom is 0.339 e. The van der Waals surface area contributed by atoms with Gasteiger partial charge in [0, 0.05) is 6.42 Å². The molecule has 1 unspecified atom stereocenters. The molecule has 0 saturated heterocycles. The third kappa shape index (κ3) is 5.41. The molecule has 2 aromatic carbocycles. The molecule has 1 aromatic heterocycles. The molecule has 2 N–H and O–H groups in total. The number of nitrogens with zero attached hydrogens (tertiary/aromatic N) is 1. The Kier molecular flexibility index (Phi) is 6.33. The number of ether oxygens (including phenoxy) is 1. The number of carbonyl (C=O) groups is 1. The van der Waals surface area contributed by atoms with Gasteiger partial charge < -0.3 is 4.74 Å². The smallest absolute Gasteiger partial charge is 0.339 e. The first-order valence-electron chi connectivity index (χ1n) is 9.83. The van der Waals surface area contributed by atoms with E-state index in [-0.39, 0.29) is 11.9 Å². The molecule has 1 heterocycles. The van der Waals surface area contributed by atoms with Gasteiger partial charge in [0.05, 0.1) is 5.56 Å². The van der Waals surface area contributed by atoms with E-state index in [4.69, 9.17) is 17.0 Å². The lowest BCUT2D eigenvalue weighted by Crippen LogP contribution is -2.24. The van der Waals surface area contributed by atoms with Crippen LogP contribution in [0.25, 0.3) is 11.1 Å². The summed E-state index contributed by atoms with van der Waals surface area (Å²) in [5.41, 5.74) is 2.96. The Bertz CT molecular complexity index is 1030. The Labute approximate surface area is 176 Å². The molecular weight excluding hydrogens is 382 g/mol. The lowest BCUT2D eigenvalue weighted by atomic mass is 9.88. The summed E-state index contributed by atoms with van der Waals surface area (Å²) < 4.78 is 6.15.